The van der Waals surface area contributed by atoms with Crippen LogP contribution in [0.1, 0.15) is 5.56 Å². The van der Waals surface area contributed by atoms with Crippen LogP contribution in [0.5, 0.6) is 0 Å². The molecule has 0 bridgehead atoms. The Hall–Kier alpha value is -3.31. The first-order valence-electron chi connectivity index (χ1n) is 8.17. The van der Waals surface area contributed by atoms with Crippen LogP contribution in [-0.4, -0.2) is 77.6 Å². The summed E-state index contributed by atoms with van der Waals surface area (Å²) < 4.78 is 5.03. The average Bonchev–Trinajstić information content (AvgIpc) is 2.64. The molecule has 0 atom stereocenters. The molecule has 0 saturated heterocycles. The standard InChI is InChI=1S/C17H21N3O8/c21-13(6-18-8-15(23)24)20(14(22)7-19-9-16(25)26)10-17(27)28-11-12-4-2-1-3-5-12/h1-5,18-19H,6-11H2,(H,23,24)(H,25,26). The number of nitrogens with zero attached hydrogens (tertiary/aromatic N) is 1. The zero-order valence-corrected chi connectivity index (χ0v) is 14.9. The number of imide groups is 1. The third-order valence-corrected chi connectivity index (χ3v) is 3.24. The second-order valence-electron chi connectivity index (χ2n) is 5.51. The van der Waals surface area contributed by atoms with Crippen molar-refractivity contribution < 1.29 is 38.9 Å². The van der Waals surface area contributed by atoms with E-state index >= 15 is 0 Å². The molecule has 0 aliphatic rings. The van der Waals surface area contributed by atoms with E-state index in [1.54, 1.807) is 30.3 Å². The number of benzene rings is 1. The van der Waals surface area contributed by atoms with Crippen molar-refractivity contribution in [2.45, 2.75) is 6.61 Å². The Bertz CT molecular complexity index is 676. The van der Waals surface area contributed by atoms with Gasteiger partial charge in [-0.25, -0.2) is 0 Å². The lowest BCUT2D eigenvalue weighted by atomic mass is 10.2. The highest BCUT2D eigenvalue weighted by Crippen LogP contribution is 2.02. The number of carboxylic acid groups (broad SMARTS) is 2. The van der Waals surface area contributed by atoms with E-state index in [9.17, 15) is 24.0 Å². The van der Waals surface area contributed by atoms with Crippen molar-refractivity contribution in [3.8, 4) is 0 Å². The van der Waals surface area contributed by atoms with Crippen molar-refractivity contribution in [3.63, 3.8) is 0 Å². The molecular formula is C17H21N3O8. The predicted molar refractivity (Wildman–Crippen MR) is 94.0 cm³/mol. The van der Waals surface area contributed by atoms with E-state index in [0.717, 1.165) is 0 Å². The van der Waals surface area contributed by atoms with Crippen LogP contribution < -0.4 is 10.6 Å². The SMILES string of the molecule is O=C(O)CNCC(=O)N(CC(=O)OCc1ccccc1)C(=O)CNCC(=O)O. The van der Waals surface area contributed by atoms with Crippen LogP contribution in [0, 0.1) is 0 Å². The lowest BCUT2D eigenvalue weighted by molar-refractivity contribution is -0.155. The molecule has 11 heteroatoms. The highest BCUT2D eigenvalue weighted by Gasteiger charge is 2.24. The molecule has 0 heterocycles. The molecule has 1 aromatic carbocycles. The van der Waals surface area contributed by atoms with Gasteiger partial charge in [0.25, 0.3) is 0 Å². The molecule has 0 fully saturated rings. The van der Waals surface area contributed by atoms with E-state index < -0.39 is 62.4 Å². The molecule has 2 amide bonds. The van der Waals surface area contributed by atoms with Crippen LogP contribution in [0.25, 0.3) is 0 Å². The molecule has 0 aliphatic carbocycles. The van der Waals surface area contributed by atoms with E-state index in [2.05, 4.69) is 10.6 Å². The minimum Gasteiger partial charge on any atom is -0.480 e. The van der Waals surface area contributed by atoms with Crippen molar-refractivity contribution in [2.24, 2.45) is 0 Å². The summed E-state index contributed by atoms with van der Waals surface area (Å²) in [6.45, 7) is -2.75. The van der Waals surface area contributed by atoms with Crippen LogP contribution in [0.15, 0.2) is 30.3 Å². The summed E-state index contributed by atoms with van der Waals surface area (Å²) in [7, 11) is 0. The molecule has 4 N–H and O–H groups in total. The molecule has 0 radical (unpaired) electrons. The molecule has 0 unspecified atom stereocenters. The molecule has 0 aromatic heterocycles. The van der Waals surface area contributed by atoms with Gasteiger partial charge in [-0.1, -0.05) is 30.3 Å². The molecular weight excluding hydrogens is 374 g/mol. The topological polar surface area (TPSA) is 162 Å². The van der Waals surface area contributed by atoms with Gasteiger partial charge in [0.05, 0.1) is 26.2 Å². The fraction of sp³-hybridized carbons (Fsp3) is 0.353. The Morgan fingerprint density at radius 1 is 0.821 bits per heavy atom. The largest absolute Gasteiger partial charge is 0.480 e. The van der Waals surface area contributed by atoms with Crippen molar-refractivity contribution in [2.75, 3.05) is 32.7 Å². The Kier molecular flexibility index (Phi) is 9.86. The summed E-state index contributed by atoms with van der Waals surface area (Å²) in [5.41, 5.74) is 0.714. The lowest BCUT2D eigenvalue weighted by Gasteiger charge is -2.20. The Morgan fingerprint density at radius 3 is 1.79 bits per heavy atom. The smallest absolute Gasteiger partial charge is 0.326 e. The first-order valence-corrected chi connectivity index (χ1v) is 8.17. The number of carboxylic acids is 2. The van der Waals surface area contributed by atoms with Crippen LogP contribution in [-0.2, 0) is 35.3 Å². The van der Waals surface area contributed by atoms with Crippen molar-refractivity contribution >= 4 is 29.7 Å². The summed E-state index contributed by atoms with van der Waals surface area (Å²) in [5, 5.41) is 21.8. The number of hydrogen-bond acceptors (Lipinski definition) is 8. The molecule has 0 spiro atoms. The molecule has 1 rings (SSSR count). The van der Waals surface area contributed by atoms with Crippen LogP contribution in [0.4, 0.5) is 0 Å². The number of nitrogens with one attached hydrogen (secondary N) is 2. The molecule has 0 aliphatic heterocycles. The fourth-order valence-electron chi connectivity index (χ4n) is 1.97. The number of amides is 2. The molecule has 11 nitrogen and oxygen atoms in total. The zero-order valence-electron chi connectivity index (χ0n) is 14.9. The van der Waals surface area contributed by atoms with Gasteiger partial charge in [0.2, 0.25) is 11.8 Å². The molecule has 0 saturated carbocycles. The second kappa shape index (κ2) is 12.1. The van der Waals surface area contributed by atoms with Gasteiger partial charge in [-0.2, -0.15) is 0 Å². The fourth-order valence-corrected chi connectivity index (χ4v) is 1.97. The number of aliphatic carboxylic acids is 2. The first-order chi connectivity index (χ1) is 13.3. The second-order valence-corrected chi connectivity index (χ2v) is 5.51. The number of carbonyl (C=O) groups is 5. The van der Waals surface area contributed by atoms with E-state index in [1.807, 2.05) is 0 Å². The van der Waals surface area contributed by atoms with Gasteiger partial charge in [-0.05, 0) is 5.56 Å². The Morgan fingerprint density at radius 2 is 1.32 bits per heavy atom. The van der Waals surface area contributed by atoms with E-state index in [-0.39, 0.29) is 6.61 Å². The van der Waals surface area contributed by atoms with Crippen molar-refractivity contribution in [1.82, 2.24) is 15.5 Å². The molecule has 152 valence electrons. The van der Waals surface area contributed by atoms with E-state index in [1.165, 1.54) is 0 Å². The van der Waals surface area contributed by atoms with Crippen molar-refractivity contribution in [3.05, 3.63) is 35.9 Å². The number of hydrogen-bond donors (Lipinski definition) is 4. The van der Waals surface area contributed by atoms with Gasteiger partial charge >= 0.3 is 17.9 Å². The zero-order chi connectivity index (χ0) is 20.9. The molecule has 1 aromatic rings. The number of ether oxygens (including phenoxy) is 1. The Balaban J connectivity index is 2.65. The maximum absolute atomic E-state index is 12.2. The summed E-state index contributed by atoms with van der Waals surface area (Å²) in [6.07, 6.45) is 0. The Labute approximate surface area is 160 Å². The van der Waals surface area contributed by atoms with Gasteiger partial charge < -0.3 is 14.9 Å². The number of rotatable bonds is 12. The van der Waals surface area contributed by atoms with Crippen molar-refractivity contribution in [1.29, 1.82) is 0 Å². The third-order valence-electron chi connectivity index (χ3n) is 3.24. The van der Waals surface area contributed by atoms with Gasteiger partial charge in [0.15, 0.2) is 0 Å². The summed E-state index contributed by atoms with van der Waals surface area (Å²) >= 11 is 0. The third kappa shape index (κ3) is 9.40. The minimum atomic E-state index is -1.20. The maximum atomic E-state index is 12.2. The quantitative estimate of drug-likeness (QED) is 0.304. The predicted octanol–water partition coefficient (Wildman–Crippen LogP) is -1.57. The van der Waals surface area contributed by atoms with E-state index in [4.69, 9.17) is 14.9 Å². The summed E-state index contributed by atoms with van der Waals surface area (Å²) in [5.74, 6) is -4.94. The van der Waals surface area contributed by atoms with Crippen LogP contribution in [0.2, 0.25) is 0 Å². The normalized spacial score (nSPS) is 10.1. The summed E-state index contributed by atoms with van der Waals surface area (Å²) in [6, 6.07) is 8.76. The van der Waals surface area contributed by atoms with Crippen LogP contribution >= 0.6 is 0 Å². The van der Waals surface area contributed by atoms with Gasteiger partial charge in [0.1, 0.15) is 13.2 Å². The lowest BCUT2D eigenvalue weighted by Crippen LogP contribution is -2.49. The summed E-state index contributed by atoms with van der Waals surface area (Å²) in [4.78, 5) is 57.9. The van der Waals surface area contributed by atoms with Gasteiger partial charge in [-0.15, -0.1) is 0 Å². The monoisotopic (exact) mass is 395 g/mol. The van der Waals surface area contributed by atoms with Gasteiger partial charge in [-0.3, -0.25) is 39.5 Å². The van der Waals surface area contributed by atoms with E-state index in [0.29, 0.717) is 10.5 Å². The van der Waals surface area contributed by atoms with Gasteiger partial charge in [0, 0.05) is 0 Å². The molecule has 28 heavy (non-hydrogen) atoms. The minimum absolute atomic E-state index is 0.0512. The highest BCUT2D eigenvalue weighted by molar-refractivity contribution is 6.00. The first kappa shape index (κ1) is 22.7. The van der Waals surface area contributed by atoms with Crippen LogP contribution in [0.3, 0.4) is 0 Å². The number of carbonyl (C=O) groups excluding carboxylic acids is 3. The highest BCUT2D eigenvalue weighted by atomic mass is 16.5. The average molecular weight is 395 g/mol. The maximum Gasteiger partial charge on any atom is 0.326 e. The number of esters is 1.